The molecule has 0 fully saturated rings. The summed E-state index contributed by atoms with van der Waals surface area (Å²) in [6, 6.07) is 21.7. The molecular formula is C33H31N5O5S2. The van der Waals surface area contributed by atoms with Crippen molar-refractivity contribution in [2.24, 2.45) is 7.05 Å². The summed E-state index contributed by atoms with van der Waals surface area (Å²) in [6.07, 6.45) is 3.99. The van der Waals surface area contributed by atoms with E-state index in [9.17, 15) is 18.5 Å². The Balaban J connectivity index is 1.44. The number of aryl methyl sites for hydroxylation is 2. The molecule has 2 aromatic heterocycles. The van der Waals surface area contributed by atoms with Gasteiger partial charge in [-0.05, 0) is 80.3 Å². The van der Waals surface area contributed by atoms with Gasteiger partial charge in [-0.15, -0.1) is 11.3 Å². The molecule has 45 heavy (non-hydrogen) atoms. The summed E-state index contributed by atoms with van der Waals surface area (Å²) in [4.78, 5) is 16.1. The first-order valence-corrected chi connectivity index (χ1v) is 16.4. The largest absolute Gasteiger partial charge is 0.460 e. The van der Waals surface area contributed by atoms with Gasteiger partial charge in [0.1, 0.15) is 23.2 Å². The zero-order valence-electron chi connectivity index (χ0n) is 25.1. The fraction of sp³-hybridized carbons (Fsp3) is 0.212. The van der Waals surface area contributed by atoms with Gasteiger partial charge in [0.15, 0.2) is 5.13 Å². The van der Waals surface area contributed by atoms with Gasteiger partial charge in [0.05, 0.1) is 16.2 Å². The van der Waals surface area contributed by atoms with E-state index >= 15 is 0 Å². The van der Waals surface area contributed by atoms with E-state index in [0.29, 0.717) is 12.2 Å². The van der Waals surface area contributed by atoms with Gasteiger partial charge in [-0.3, -0.25) is 14.2 Å². The Morgan fingerprint density at radius 1 is 1.02 bits per heavy atom. The normalized spacial score (nSPS) is 11.5. The monoisotopic (exact) mass is 641 g/mol. The molecule has 3 aromatic carbocycles. The fourth-order valence-electron chi connectivity index (χ4n) is 4.60. The van der Waals surface area contributed by atoms with Gasteiger partial charge < -0.3 is 9.47 Å². The van der Waals surface area contributed by atoms with Crippen molar-refractivity contribution in [3.05, 3.63) is 95.6 Å². The third-order valence-corrected chi connectivity index (χ3v) is 8.78. The molecule has 10 nitrogen and oxygen atoms in total. The average Bonchev–Trinajstić information content (AvgIpc) is 3.67. The van der Waals surface area contributed by atoms with Gasteiger partial charge in [-0.25, -0.2) is 13.4 Å². The van der Waals surface area contributed by atoms with Gasteiger partial charge >= 0.3 is 5.97 Å². The Labute approximate surface area is 266 Å². The van der Waals surface area contributed by atoms with E-state index in [4.69, 9.17) is 9.47 Å². The number of carbonyl (C=O) groups excluding carboxylic acids is 1. The van der Waals surface area contributed by atoms with Gasteiger partial charge in [0, 0.05) is 36.8 Å². The summed E-state index contributed by atoms with van der Waals surface area (Å²) in [5, 5.41) is 16.1. The van der Waals surface area contributed by atoms with Crippen LogP contribution < -0.4 is 9.46 Å². The number of benzene rings is 3. The van der Waals surface area contributed by atoms with Crippen molar-refractivity contribution < 1.29 is 22.7 Å². The van der Waals surface area contributed by atoms with Crippen LogP contribution in [0.2, 0.25) is 0 Å². The molecule has 0 unspecified atom stereocenters. The Morgan fingerprint density at radius 3 is 2.49 bits per heavy atom. The van der Waals surface area contributed by atoms with Crippen LogP contribution in [0.1, 0.15) is 38.3 Å². The highest BCUT2D eigenvalue weighted by atomic mass is 32.2. The number of hydrogen-bond acceptors (Lipinski definition) is 9. The number of aromatic nitrogens is 3. The Morgan fingerprint density at radius 2 is 1.80 bits per heavy atom. The second kappa shape index (κ2) is 12.9. The van der Waals surface area contributed by atoms with E-state index in [1.54, 1.807) is 22.3 Å². The first-order chi connectivity index (χ1) is 21.4. The predicted molar refractivity (Wildman–Crippen MR) is 172 cm³/mol. The number of nitrogens with one attached hydrogen (secondary N) is 1. The molecule has 0 spiro atoms. The molecule has 0 aliphatic carbocycles. The number of carbonyl (C=O) groups is 1. The summed E-state index contributed by atoms with van der Waals surface area (Å²) >= 11 is 1.15. The van der Waals surface area contributed by atoms with E-state index < -0.39 is 15.6 Å². The molecule has 0 aliphatic rings. The Hall–Kier alpha value is -4.99. The molecule has 5 aromatic rings. The second-order valence-corrected chi connectivity index (χ2v) is 13.7. The number of nitriles is 1. The van der Waals surface area contributed by atoms with Crippen molar-refractivity contribution in [2.45, 2.75) is 44.1 Å². The van der Waals surface area contributed by atoms with Crippen LogP contribution in [0.3, 0.4) is 0 Å². The average molecular weight is 642 g/mol. The van der Waals surface area contributed by atoms with Gasteiger partial charge in [0.25, 0.3) is 10.0 Å². The lowest BCUT2D eigenvalue weighted by Crippen LogP contribution is -2.24. The van der Waals surface area contributed by atoms with E-state index in [2.05, 4.69) is 14.8 Å². The van der Waals surface area contributed by atoms with Crippen LogP contribution in [-0.4, -0.2) is 34.8 Å². The number of esters is 1. The molecule has 12 heteroatoms. The number of sulfonamides is 1. The SMILES string of the molecule is Cn1nccc1-c1cc(-c2cccc(CCC(=O)OC(C)(C)C)c2)ccc1Oc1ccc(S(=O)(=O)Nc2nccs2)cc1C#N. The maximum Gasteiger partial charge on any atom is 0.306 e. The molecular weight excluding hydrogens is 611 g/mol. The van der Waals surface area contributed by atoms with E-state index in [-0.39, 0.29) is 33.7 Å². The van der Waals surface area contributed by atoms with Crippen molar-refractivity contribution >= 4 is 32.5 Å². The quantitative estimate of drug-likeness (QED) is 0.162. The molecule has 1 N–H and O–H groups in total. The highest BCUT2D eigenvalue weighted by molar-refractivity contribution is 7.93. The first kappa shape index (κ1) is 31.4. The van der Waals surface area contributed by atoms with E-state index in [0.717, 1.165) is 39.3 Å². The molecule has 5 rings (SSSR count). The smallest absolute Gasteiger partial charge is 0.306 e. The molecule has 0 bridgehead atoms. The molecule has 230 valence electrons. The zero-order chi connectivity index (χ0) is 32.2. The minimum atomic E-state index is -3.96. The third-order valence-electron chi connectivity index (χ3n) is 6.63. The van der Waals surface area contributed by atoms with E-state index in [1.807, 2.05) is 76.4 Å². The Bertz CT molecular complexity index is 1990. The number of anilines is 1. The minimum Gasteiger partial charge on any atom is -0.460 e. The number of thiazole rings is 1. The van der Waals surface area contributed by atoms with Crippen LogP contribution in [0.4, 0.5) is 5.13 Å². The number of ether oxygens (including phenoxy) is 2. The van der Waals surface area contributed by atoms with Crippen molar-refractivity contribution in [2.75, 3.05) is 4.72 Å². The van der Waals surface area contributed by atoms with Crippen LogP contribution >= 0.6 is 11.3 Å². The van der Waals surface area contributed by atoms with E-state index in [1.165, 1.54) is 24.4 Å². The van der Waals surface area contributed by atoms with Crippen molar-refractivity contribution in [1.29, 1.82) is 5.26 Å². The Kier molecular flexibility index (Phi) is 9.04. The molecule has 2 heterocycles. The van der Waals surface area contributed by atoms with Crippen molar-refractivity contribution in [3.8, 4) is 40.0 Å². The summed E-state index contributed by atoms with van der Waals surface area (Å²) in [7, 11) is -2.14. The summed E-state index contributed by atoms with van der Waals surface area (Å²) < 4.78 is 41.6. The lowest BCUT2D eigenvalue weighted by atomic mass is 9.98. The predicted octanol–water partition coefficient (Wildman–Crippen LogP) is 6.95. The summed E-state index contributed by atoms with van der Waals surface area (Å²) in [6.45, 7) is 5.55. The highest BCUT2D eigenvalue weighted by Gasteiger charge is 2.20. The molecule has 0 saturated carbocycles. The maximum atomic E-state index is 12.9. The van der Waals surface area contributed by atoms with Crippen LogP contribution in [0.5, 0.6) is 11.5 Å². The molecule has 0 radical (unpaired) electrons. The van der Waals surface area contributed by atoms with Crippen molar-refractivity contribution in [1.82, 2.24) is 14.8 Å². The first-order valence-electron chi connectivity index (χ1n) is 14.0. The van der Waals surface area contributed by atoms with Crippen LogP contribution in [0.25, 0.3) is 22.4 Å². The third kappa shape index (κ3) is 7.75. The maximum absolute atomic E-state index is 12.9. The van der Waals surface area contributed by atoms with Crippen LogP contribution in [0, 0.1) is 11.3 Å². The topological polar surface area (TPSA) is 136 Å². The number of hydrogen-bond donors (Lipinski definition) is 1. The lowest BCUT2D eigenvalue weighted by Gasteiger charge is -2.19. The molecule has 0 atom stereocenters. The number of rotatable bonds is 10. The molecule has 0 aliphatic heterocycles. The lowest BCUT2D eigenvalue weighted by molar-refractivity contribution is -0.154. The van der Waals surface area contributed by atoms with Crippen molar-refractivity contribution in [3.63, 3.8) is 0 Å². The molecule has 0 amide bonds. The summed E-state index contributed by atoms with van der Waals surface area (Å²) in [5.41, 5.74) is 3.88. The highest BCUT2D eigenvalue weighted by Crippen LogP contribution is 2.38. The fourth-order valence-corrected chi connectivity index (χ4v) is 6.42. The van der Waals surface area contributed by atoms with Gasteiger partial charge in [-0.1, -0.05) is 30.3 Å². The van der Waals surface area contributed by atoms with Crippen LogP contribution in [-0.2, 0) is 33.0 Å². The summed E-state index contributed by atoms with van der Waals surface area (Å²) in [5.74, 6) is 0.411. The number of nitrogens with zero attached hydrogens (tertiary/aromatic N) is 4. The van der Waals surface area contributed by atoms with Crippen LogP contribution in [0.15, 0.2) is 89.4 Å². The minimum absolute atomic E-state index is 0.0507. The van der Waals surface area contributed by atoms with Gasteiger partial charge in [0.2, 0.25) is 0 Å². The standard InChI is InChI=1S/C33H31N5O5S2/c1-33(2,3)43-31(39)13-8-22-6-5-7-23(18-22)24-9-11-30(27(20-24)28-14-15-36-38(28)4)42-29-12-10-26(19-25(29)21-34)45(40,41)37-32-35-16-17-44-32/h5-7,9-12,14-20H,8,13H2,1-4H3,(H,35,37). The molecule has 0 saturated heterocycles. The second-order valence-electron chi connectivity index (χ2n) is 11.2. The van der Waals surface area contributed by atoms with Gasteiger partial charge in [-0.2, -0.15) is 10.4 Å². The zero-order valence-corrected chi connectivity index (χ0v) is 26.8.